The number of rotatable bonds is 6. The molecule has 0 amide bonds. The normalized spacial score (nSPS) is 33.9. The van der Waals surface area contributed by atoms with Crippen LogP contribution in [0.25, 0.3) is 18.2 Å². The quantitative estimate of drug-likeness (QED) is 0.0578. The minimum absolute atomic E-state index is 0.0444. The maximum Gasteiger partial charge on any atom is 0.309 e. The standard InChI is InChI=1S/C27H39NO6S.C27H41NO5S.C27H39NO5S/c1-15-9-8-10-27(7)22(34-27)12-20(16(2)11-19-14-35-18(4)28-19)33-23(30)13-21(29)26(5,6)25(32)17(3)24(15)31;2*1-16-9-8-10-17(2)25(31)19(4)26(32)27(6,7)23(29)14-24(30)33-22(12-11-16)18(3)13-21-15-34-20(5)28-21/h8-9,11,14-15,17,20-22,24,29,31H,10,12-13H2,1-7H3;11,13,15,17,19,22-23,25,29,31H,8-10,12,14H2,1-7H3;8,10-11,13,15,17,19,22-23,25,29,31H,9,12,14H2,1-7H3/b9-8?,16-11+;16-11-,18-13+;10-8+,16-11-,18-13+/t15-,17+,20-,21-,22-,24-,27+;2*17-,19+,22-,23-,25-/m000/s1. The number of nitrogens with zero attached hydrogens (tertiary/aromatic N) is 3. The van der Waals surface area contributed by atoms with Crippen molar-refractivity contribution in [3.63, 3.8) is 0 Å². The fourth-order valence-corrected chi connectivity index (χ4v) is 14.8. The second kappa shape index (κ2) is 38.7. The van der Waals surface area contributed by atoms with Gasteiger partial charge in [0.05, 0.1) is 116 Å². The Hall–Kier alpha value is -5.79. The van der Waals surface area contributed by atoms with Crippen molar-refractivity contribution in [1.29, 1.82) is 0 Å². The summed E-state index contributed by atoms with van der Waals surface area (Å²) in [6.07, 6.45) is 14.3. The van der Waals surface area contributed by atoms with Gasteiger partial charge in [-0.2, -0.15) is 0 Å². The Morgan fingerprint density at radius 2 is 0.845 bits per heavy atom. The monoisotopic (exact) mass is 1490 g/mol. The summed E-state index contributed by atoms with van der Waals surface area (Å²) in [6, 6.07) is 0. The third-order valence-electron chi connectivity index (χ3n) is 21.2. The molecule has 3 aromatic rings. The number of aromatic nitrogens is 3. The molecule has 3 aromatic heterocycles. The summed E-state index contributed by atoms with van der Waals surface area (Å²) in [5.74, 6) is -5.08. The van der Waals surface area contributed by atoms with Gasteiger partial charge in [-0.05, 0) is 135 Å². The molecule has 4 aliphatic heterocycles. The summed E-state index contributed by atoms with van der Waals surface area (Å²) in [5, 5.41) is 73.5. The first-order valence-electron chi connectivity index (χ1n) is 36.3. The van der Waals surface area contributed by atoms with E-state index in [4.69, 9.17) is 18.9 Å². The average molecular weight is 1490 g/mol. The minimum Gasteiger partial charge on any atom is -0.458 e. The summed E-state index contributed by atoms with van der Waals surface area (Å²) in [7, 11) is 0. The minimum atomic E-state index is -1.25. The van der Waals surface area contributed by atoms with E-state index in [1.807, 2.05) is 141 Å². The molecule has 0 unspecified atom stereocenters. The number of ether oxygens (including phenoxy) is 4. The first kappa shape index (κ1) is 87.8. The first-order chi connectivity index (χ1) is 47.9. The number of cyclic esters (lactones) is 3. The number of fused-ring (bicyclic) bond motifs is 1. The Morgan fingerprint density at radius 3 is 1.22 bits per heavy atom. The third-order valence-corrected chi connectivity index (χ3v) is 23.6. The molecule has 17 atom stereocenters. The number of esters is 3. The summed E-state index contributed by atoms with van der Waals surface area (Å²) in [5.41, 5.74) is 3.31. The fourth-order valence-electron chi connectivity index (χ4n) is 13.1. The van der Waals surface area contributed by atoms with Crippen LogP contribution in [0.4, 0.5) is 0 Å². The van der Waals surface area contributed by atoms with Crippen molar-refractivity contribution >= 4 is 87.5 Å². The maximum atomic E-state index is 13.2. The highest BCUT2D eigenvalue weighted by Gasteiger charge is 2.53. The number of allylic oxidation sites excluding steroid dienone is 3. The number of aliphatic hydroxyl groups excluding tert-OH is 6. The zero-order chi connectivity index (χ0) is 77.4. The molecular weight excluding hydrogens is 1370 g/mol. The number of thiazole rings is 3. The topological polar surface area (TPSA) is 303 Å². The summed E-state index contributed by atoms with van der Waals surface area (Å²) in [4.78, 5) is 91.5. The largest absolute Gasteiger partial charge is 0.458 e. The lowest BCUT2D eigenvalue weighted by atomic mass is 9.73. The van der Waals surface area contributed by atoms with Crippen LogP contribution in [0.1, 0.15) is 227 Å². The van der Waals surface area contributed by atoms with Crippen LogP contribution in [0.2, 0.25) is 0 Å². The van der Waals surface area contributed by atoms with Crippen molar-refractivity contribution in [3.05, 3.63) is 113 Å². The Balaban J connectivity index is 0.000000278. The van der Waals surface area contributed by atoms with Gasteiger partial charge in [0, 0.05) is 65.0 Å². The molecule has 0 aromatic carbocycles. The number of carbonyl (C=O) groups excluding carboxylic acids is 6. The lowest BCUT2D eigenvalue weighted by molar-refractivity contribution is -0.156. The fraction of sp³-hybridized carbons (Fsp3) is 0.642. The summed E-state index contributed by atoms with van der Waals surface area (Å²) < 4.78 is 23.4. The molecule has 0 saturated carbocycles. The Morgan fingerprint density at radius 1 is 0.495 bits per heavy atom. The first-order valence-corrected chi connectivity index (χ1v) is 39.0. The highest BCUT2D eigenvalue weighted by atomic mass is 32.1. The molecule has 7 heterocycles. The van der Waals surface area contributed by atoms with Crippen LogP contribution in [-0.4, -0.2) is 147 Å². The van der Waals surface area contributed by atoms with E-state index in [0.717, 1.165) is 73.7 Å². The van der Waals surface area contributed by atoms with Gasteiger partial charge >= 0.3 is 17.9 Å². The molecule has 6 N–H and O–H groups in total. The van der Waals surface area contributed by atoms with Gasteiger partial charge in [-0.25, -0.2) is 15.0 Å². The van der Waals surface area contributed by atoms with Gasteiger partial charge < -0.3 is 49.6 Å². The SMILES string of the molecule is C/C(=C\c1csc(C)n1)[C@@H]1C[C@@H]2O[C@]2(C)CC=C[C@H](C)[C@H](O)[C@@H](C)C(=O)C(C)(C)[C@@H](O)CC(=O)O1.C/C1=C/C[C@@H](/C(C)=C/c2csc(C)n2)OC(=O)C[C@H](O)C(C)(C)C(=O)[C@H](C)[C@@H](O)[C@@H](C)/C=C/C1.C/C1=C/C[C@@H](/C(C)=C/c2csc(C)n2)OC(=O)C[C@H](O)C(C)(C)C(=O)[C@H](C)[C@@H](O)[C@@H](C)CCC1. The number of epoxide rings is 1. The molecule has 19 nitrogen and oxygen atoms in total. The molecule has 103 heavy (non-hydrogen) atoms. The predicted molar refractivity (Wildman–Crippen MR) is 408 cm³/mol. The van der Waals surface area contributed by atoms with Gasteiger partial charge in [0.2, 0.25) is 0 Å². The van der Waals surface area contributed by atoms with Crippen LogP contribution in [0, 0.1) is 72.5 Å². The van der Waals surface area contributed by atoms with E-state index in [2.05, 4.69) is 28.0 Å². The van der Waals surface area contributed by atoms with E-state index in [1.165, 1.54) is 5.57 Å². The third kappa shape index (κ3) is 25.4. The number of aliphatic hydroxyl groups is 6. The number of Topliss-reactive ketones (excluding diaryl/α,β-unsaturated/α-hetero) is 3. The van der Waals surface area contributed by atoms with Gasteiger partial charge in [0.15, 0.2) is 0 Å². The Labute approximate surface area is 624 Å². The predicted octanol–water partition coefficient (Wildman–Crippen LogP) is 14.6. The highest BCUT2D eigenvalue weighted by Crippen LogP contribution is 2.45. The van der Waals surface area contributed by atoms with E-state index in [-0.39, 0.29) is 66.1 Å². The van der Waals surface area contributed by atoms with Gasteiger partial charge in [-0.3, -0.25) is 28.8 Å². The van der Waals surface area contributed by atoms with E-state index < -0.39 is 107 Å². The molecular formula is C81H119N3O16S3. The smallest absolute Gasteiger partial charge is 0.309 e. The highest BCUT2D eigenvalue weighted by molar-refractivity contribution is 7.10. The van der Waals surface area contributed by atoms with Gasteiger partial charge in [-0.15, -0.1) is 34.0 Å². The summed E-state index contributed by atoms with van der Waals surface area (Å²) >= 11 is 4.67. The van der Waals surface area contributed by atoms with Crippen molar-refractivity contribution in [3.8, 4) is 0 Å². The molecule has 0 radical (unpaired) electrons. The molecule has 572 valence electrons. The summed E-state index contributed by atoms with van der Waals surface area (Å²) in [6.45, 7) is 38.1. The van der Waals surface area contributed by atoms with Crippen molar-refractivity contribution in [2.24, 2.45) is 51.8 Å². The lowest BCUT2D eigenvalue weighted by Crippen LogP contribution is -2.45. The Kier molecular flexibility index (Phi) is 33.0. The van der Waals surface area contributed by atoms with E-state index in [9.17, 15) is 59.4 Å². The van der Waals surface area contributed by atoms with Crippen molar-refractivity contribution < 1.29 is 78.4 Å². The number of carbonyl (C=O) groups is 6. The second-order valence-electron chi connectivity index (χ2n) is 31.3. The number of hydrogen-bond donors (Lipinski definition) is 6. The molecule has 1 saturated heterocycles. The molecule has 0 aliphatic carbocycles. The average Bonchev–Trinajstić information content (AvgIpc) is 1.63. The van der Waals surface area contributed by atoms with Crippen molar-refractivity contribution in [2.45, 2.75) is 283 Å². The molecule has 7 rings (SSSR count). The van der Waals surface area contributed by atoms with Crippen LogP contribution >= 0.6 is 34.0 Å². The lowest BCUT2D eigenvalue weighted by Gasteiger charge is -2.34. The van der Waals surface area contributed by atoms with Crippen LogP contribution in [0.3, 0.4) is 0 Å². The zero-order valence-electron chi connectivity index (χ0n) is 64.8. The molecule has 1 fully saturated rings. The number of hydrogen-bond acceptors (Lipinski definition) is 22. The van der Waals surface area contributed by atoms with Gasteiger partial charge in [-0.1, -0.05) is 131 Å². The zero-order valence-corrected chi connectivity index (χ0v) is 67.2. The second-order valence-corrected chi connectivity index (χ2v) is 34.5. The van der Waals surface area contributed by atoms with Crippen LogP contribution in [0.15, 0.2) is 80.5 Å². The van der Waals surface area contributed by atoms with Gasteiger partial charge in [0.1, 0.15) is 35.7 Å². The molecule has 0 spiro atoms. The Bertz CT molecular complexity index is 3600. The molecule has 0 bridgehead atoms. The van der Waals surface area contributed by atoms with Crippen LogP contribution in [0.5, 0.6) is 0 Å². The van der Waals surface area contributed by atoms with Gasteiger partial charge in [0.25, 0.3) is 0 Å². The number of aryl methyl sites for hydroxylation is 3. The van der Waals surface area contributed by atoms with E-state index in [1.54, 1.807) is 96.3 Å². The van der Waals surface area contributed by atoms with E-state index in [0.29, 0.717) is 32.1 Å². The maximum absolute atomic E-state index is 13.2. The molecule has 22 heteroatoms. The molecule has 4 aliphatic rings. The van der Waals surface area contributed by atoms with Crippen LogP contribution in [-0.2, 0) is 47.7 Å². The van der Waals surface area contributed by atoms with Crippen molar-refractivity contribution in [2.75, 3.05) is 0 Å². The number of ketones is 3. The van der Waals surface area contributed by atoms with Crippen molar-refractivity contribution in [1.82, 2.24) is 15.0 Å². The van der Waals surface area contributed by atoms with E-state index >= 15 is 0 Å². The van der Waals surface area contributed by atoms with Crippen LogP contribution < -0.4 is 0 Å².